The van der Waals surface area contributed by atoms with E-state index in [1.807, 2.05) is 32.9 Å². The minimum atomic E-state index is -1.28. The molecule has 1 amide bonds. The topological polar surface area (TPSA) is 106 Å². The largest absolute Gasteiger partial charge is 0.444 e. The summed E-state index contributed by atoms with van der Waals surface area (Å²) in [5.41, 5.74) is 1.66. The highest BCUT2D eigenvalue weighted by molar-refractivity contribution is 6.15. The van der Waals surface area contributed by atoms with Crippen LogP contribution in [0.25, 0.3) is 0 Å². The van der Waals surface area contributed by atoms with Gasteiger partial charge in [-0.25, -0.2) is 14.4 Å². The van der Waals surface area contributed by atoms with Crippen LogP contribution in [0.1, 0.15) is 40.2 Å². The zero-order chi connectivity index (χ0) is 22.1. The van der Waals surface area contributed by atoms with E-state index in [0.29, 0.717) is 25.3 Å². The maximum Gasteiger partial charge on any atom is 0.410 e. The van der Waals surface area contributed by atoms with Gasteiger partial charge in [-0.3, -0.25) is 0 Å². The number of fused-ring (bicyclic) bond motifs is 1. The van der Waals surface area contributed by atoms with Gasteiger partial charge in [0.05, 0.1) is 6.54 Å². The molecule has 0 atom stereocenters. The first-order valence-electron chi connectivity index (χ1n) is 9.72. The van der Waals surface area contributed by atoms with Gasteiger partial charge in [-0.2, -0.15) is 0 Å². The second-order valence-electron chi connectivity index (χ2n) is 8.58. The Morgan fingerprint density at radius 3 is 2.53 bits per heavy atom. The molecule has 2 N–H and O–H groups in total. The van der Waals surface area contributed by atoms with Crippen molar-refractivity contribution in [2.45, 2.75) is 52.6 Å². The minimum Gasteiger partial charge on any atom is -0.444 e. The second kappa shape index (κ2) is 7.89. The van der Waals surface area contributed by atoms with Gasteiger partial charge < -0.3 is 29.7 Å². The van der Waals surface area contributed by atoms with Gasteiger partial charge in [0, 0.05) is 44.5 Å². The average Bonchev–Trinajstić information content (AvgIpc) is 2.80. The molecule has 0 saturated carbocycles. The number of carbonyl (C=O) groups is 3. The van der Waals surface area contributed by atoms with Crippen LogP contribution < -0.4 is 10.6 Å². The molecule has 1 aromatic carbocycles. The van der Waals surface area contributed by atoms with Gasteiger partial charge in [0.25, 0.3) is 5.79 Å². The first-order valence-corrected chi connectivity index (χ1v) is 9.72. The summed E-state index contributed by atoms with van der Waals surface area (Å²) in [5.74, 6) is -2.77. The van der Waals surface area contributed by atoms with E-state index < -0.39 is 23.3 Å². The predicted octanol–water partition coefficient (Wildman–Crippen LogP) is 2.98. The van der Waals surface area contributed by atoms with Gasteiger partial charge in [0.2, 0.25) is 0 Å². The minimum absolute atomic E-state index is 0.215. The highest BCUT2D eigenvalue weighted by Crippen LogP contribution is 2.27. The Bertz CT molecular complexity index is 878. The van der Waals surface area contributed by atoms with Crippen LogP contribution in [0.15, 0.2) is 30.0 Å². The fourth-order valence-corrected chi connectivity index (χ4v) is 3.00. The predicted molar refractivity (Wildman–Crippen MR) is 110 cm³/mol. The molecule has 1 fully saturated rings. The maximum absolute atomic E-state index is 12.4. The van der Waals surface area contributed by atoms with Crippen LogP contribution in [0.3, 0.4) is 0 Å². The molecule has 0 unspecified atom stereocenters. The van der Waals surface area contributed by atoms with Crippen molar-refractivity contribution in [2.24, 2.45) is 0 Å². The van der Waals surface area contributed by atoms with E-state index in [2.05, 4.69) is 10.6 Å². The molecule has 0 radical (unpaired) electrons. The van der Waals surface area contributed by atoms with Crippen molar-refractivity contribution in [3.8, 4) is 0 Å². The molecule has 3 rings (SSSR count). The van der Waals surface area contributed by atoms with Crippen LogP contribution in [0, 0.1) is 0 Å². The zero-order valence-electron chi connectivity index (χ0n) is 17.8. The van der Waals surface area contributed by atoms with Crippen LogP contribution in [-0.2, 0) is 30.3 Å². The Balaban J connectivity index is 1.71. The Morgan fingerprint density at radius 1 is 1.23 bits per heavy atom. The van der Waals surface area contributed by atoms with Crippen LogP contribution in [-0.4, -0.2) is 47.4 Å². The number of nitrogens with one attached hydrogen (secondary N) is 2. The number of anilines is 2. The Kier molecular flexibility index (Phi) is 5.65. The standard InChI is InChI=1S/C21H27N3O6/c1-20(2,3)30-19(27)24-9-8-22-16-10-14(7-6-13(16)12-24)23-11-15-17(25)28-21(4,5)29-18(15)26/h6-7,10-11,22-23H,8-9,12H2,1-5H3. The molecule has 2 aliphatic rings. The first-order chi connectivity index (χ1) is 13.9. The lowest BCUT2D eigenvalue weighted by atomic mass is 10.1. The molecule has 0 aromatic heterocycles. The van der Waals surface area contributed by atoms with E-state index in [-0.39, 0.29) is 11.7 Å². The Morgan fingerprint density at radius 2 is 1.90 bits per heavy atom. The molecule has 1 aromatic rings. The number of hydrogen-bond donors (Lipinski definition) is 2. The van der Waals surface area contributed by atoms with Gasteiger partial charge in [0.1, 0.15) is 5.60 Å². The van der Waals surface area contributed by atoms with Crippen LogP contribution >= 0.6 is 0 Å². The van der Waals surface area contributed by atoms with Crippen molar-refractivity contribution in [2.75, 3.05) is 23.7 Å². The highest BCUT2D eigenvalue weighted by Gasteiger charge is 2.39. The molecule has 30 heavy (non-hydrogen) atoms. The number of nitrogens with zero attached hydrogens (tertiary/aromatic N) is 1. The van der Waals surface area contributed by atoms with Crippen LogP contribution in [0.5, 0.6) is 0 Å². The molecule has 9 nitrogen and oxygen atoms in total. The number of ether oxygens (including phenoxy) is 3. The van der Waals surface area contributed by atoms with Gasteiger partial charge in [-0.05, 0) is 38.5 Å². The third-order valence-electron chi connectivity index (χ3n) is 4.32. The van der Waals surface area contributed by atoms with E-state index in [9.17, 15) is 14.4 Å². The van der Waals surface area contributed by atoms with Crippen molar-refractivity contribution in [3.05, 3.63) is 35.5 Å². The van der Waals surface area contributed by atoms with Gasteiger partial charge >= 0.3 is 18.0 Å². The molecular weight excluding hydrogens is 390 g/mol. The van der Waals surface area contributed by atoms with E-state index in [4.69, 9.17) is 14.2 Å². The number of carbonyl (C=O) groups excluding carboxylic acids is 3. The molecule has 9 heteroatoms. The number of hydrogen-bond acceptors (Lipinski definition) is 8. The van der Waals surface area contributed by atoms with E-state index in [1.165, 1.54) is 20.0 Å². The fourth-order valence-electron chi connectivity index (χ4n) is 3.00. The molecule has 2 heterocycles. The van der Waals surface area contributed by atoms with Gasteiger partial charge in [-0.1, -0.05) is 6.07 Å². The molecule has 162 valence electrons. The summed E-state index contributed by atoms with van der Waals surface area (Å²) in [6, 6.07) is 5.50. The van der Waals surface area contributed by atoms with Crippen molar-refractivity contribution in [1.82, 2.24) is 4.90 Å². The summed E-state index contributed by atoms with van der Waals surface area (Å²) in [4.78, 5) is 38.1. The van der Waals surface area contributed by atoms with Crippen molar-refractivity contribution in [3.63, 3.8) is 0 Å². The number of rotatable bonds is 2. The zero-order valence-corrected chi connectivity index (χ0v) is 17.8. The number of amides is 1. The third kappa shape index (κ3) is 5.22. The van der Waals surface area contributed by atoms with Gasteiger partial charge in [-0.15, -0.1) is 0 Å². The van der Waals surface area contributed by atoms with Gasteiger partial charge in [0.15, 0.2) is 5.57 Å². The second-order valence-corrected chi connectivity index (χ2v) is 8.58. The first kappa shape index (κ1) is 21.5. The lowest BCUT2D eigenvalue weighted by Crippen LogP contribution is -2.42. The molecular formula is C21H27N3O6. The average molecular weight is 417 g/mol. The quantitative estimate of drug-likeness (QED) is 0.430. The smallest absolute Gasteiger partial charge is 0.410 e. The lowest BCUT2D eigenvalue weighted by molar-refractivity contribution is -0.222. The van der Waals surface area contributed by atoms with Crippen molar-refractivity contribution >= 4 is 29.4 Å². The summed E-state index contributed by atoms with van der Waals surface area (Å²) in [6.45, 7) is 9.96. The van der Waals surface area contributed by atoms with E-state index in [0.717, 1.165) is 11.3 Å². The molecule has 0 bridgehead atoms. The monoisotopic (exact) mass is 417 g/mol. The normalized spacial score (nSPS) is 18.3. The molecule has 1 saturated heterocycles. The summed E-state index contributed by atoms with van der Waals surface area (Å²) in [5, 5.41) is 6.22. The molecule has 0 spiro atoms. The summed E-state index contributed by atoms with van der Waals surface area (Å²) >= 11 is 0. The number of esters is 2. The summed E-state index contributed by atoms with van der Waals surface area (Å²) < 4.78 is 15.6. The molecule has 0 aliphatic carbocycles. The fraction of sp³-hybridized carbons (Fsp3) is 0.476. The van der Waals surface area contributed by atoms with Crippen LogP contribution in [0.2, 0.25) is 0 Å². The SMILES string of the molecule is CC(C)(C)OC(=O)N1CCNc2cc(NC=C3C(=O)OC(C)(C)OC3=O)ccc2C1. The number of benzene rings is 1. The van der Waals surface area contributed by atoms with E-state index in [1.54, 1.807) is 11.0 Å². The van der Waals surface area contributed by atoms with Crippen molar-refractivity contribution < 1.29 is 28.6 Å². The van der Waals surface area contributed by atoms with Crippen molar-refractivity contribution in [1.29, 1.82) is 0 Å². The summed E-state index contributed by atoms with van der Waals surface area (Å²) in [7, 11) is 0. The Labute approximate surface area is 175 Å². The summed E-state index contributed by atoms with van der Waals surface area (Å²) in [6.07, 6.45) is 0.909. The third-order valence-corrected chi connectivity index (χ3v) is 4.32. The maximum atomic E-state index is 12.4. The van der Waals surface area contributed by atoms with E-state index >= 15 is 0 Å². The number of cyclic esters (lactones) is 2. The molecule has 2 aliphatic heterocycles. The van der Waals surface area contributed by atoms with Crippen LogP contribution in [0.4, 0.5) is 16.2 Å². The highest BCUT2D eigenvalue weighted by atomic mass is 16.7. The lowest BCUT2D eigenvalue weighted by Gasteiger charge is -2.29. The Hall–Kier alpha value is -3.23.